The molecule has 0 atom stereocenters. The van der Waals surface area contributed by atoms with Gasteiger partial charge in [0.05, 0.1) is 0 Å². The Hall–Kier alpha value is -1.62. The number of likely N-dealkylation sites (tertiary alicyclic amines) is 2. The average molecular weight is 303 g/mol. The van der Waals surface area contributed by atoms with Crippen molar-refractivity contribution in [1.29, 1.82) is 0 Å². The van der Waals surface area contributed by atoms with Gasteiger partial charge >= 0.3 is 0 Å². The molecular formula is C17H25N3O2. The number of carbonyl (C=O) groups is 1. The summed E-state index contributed by atoms with van der Waals surface area (Å²) >= 11 is 0. The van der Waals surface area contributed by atoms with E-state index in [2.05, 4.69) is 9.88 Å². The van der Waals surface area contributed by atoms with E-state index in [9.17, 15) is 9.59 Å². The van der Waals surface area contributed by atoms with E-state index < -0.39 is 0 Å². The molecule has 1 amide bonds. The SMILES string of the molecule is Cc1[nH]c(=O)c(C(=O)N2CC(N3CCCCC3)C2)c(C)c1C. The highest BCUT2D eigenvalue weighted by atomic mass is 16.2. The molecular weight excluding hydrogens is 278 g/mol. The molecule has 0 saturated carbocycles. The molecule has 3 heterocycles. The number of carbonyl (C=O) groups excluding carboxylic acids is 1. The van der Waals surface area contributed by atoms with Crippen LogP contribution in [0.1, 0.15) is 46.4 Å². The van der Waals surface area contributed by atoms with Gasteiger partial charge in [-0.25, -0.2) is 0 Å². The molecule has 5 heteroatoms. The molecule has 22 heavy (non-hydrogen) atoms. The fourth-order valence-electron chi connectivity index (χ4n) is 3.52. The molecule has 1 aromatic rings. The summed E-state index contributed by atoms with van der Waals surface area (Å²) in [6.45, 7) is 9.49. The van der Waals surface area contributed by atoms with Crippen molar-refractivity contribution < 1.29 is 4.79 Å². The molecule has 3 rings (SSSR count). The van der Waals surface area contributed by atoms with Crippen molar-refractivity contribution >= 4 is 5.91 Å². The van der Waals surface area contributed by atoms with Crippen LogP contribution >= 0.6 is 0 Å². The molecule has 2 aliphatic rings. The van der Waals surface area contributed by atoms with E-state index in [1.165, 1.54) is 19.3 Å². The predicted molar refractivity (Wildman–Crippen MR) is 86.4 cm³/mol. The fourth-order valence-corrected chi connectivity index (χ4v) is 3.52. The van der Waals surface area contributed by atoms with Crippen LogP contribution in [0.2, 0.25) is 0 Å². The summed E-state index contributed by atoms with van der Waals surface area (Å²) < 4.78 is 0. The molecule has 0 aliphatic carbocycles. The summed E-state index contributed by atoms with van der Waals surface area (Å²) in [5.41, 5.74) is 2.71. The first-order chi connectivity index (χ1) is 10.5. The number of aromatic nitrogens is 1. The smallest absolute Gasteiger partial charge is 0.261 e. The zero-order valence-electron chi connectivity index (χ0n) is 13.7. The number of H-pyrrole nitrogens is 1. The topological polar surface area (TPSA) is 56.4 Å². The van der Waals surface area contributed by atoms with Gasteiger partial charge < -0.3 is 9.88 Å². The molecule has 1 aromatic heterocycles. The Morgan fingerprint density at radius 3 is 2.32 bits per heavy atom. The van der Waals surface area contributed by atoms with Crippen LogP contribution in [0.4, 0.5) is 0 Å². The molecule has 0 radical (unpaired) electrons. The van der Waals surface area contributed by atoms with Gasteiger partial charge in [-0.1, -0.05) is 6.42 Å². The van der Waals surface area contributed by atoms with E-state index >= 15 is 0 Å². The largest absolute Gasteiger partial charge is 0.335 e. The van der Waals surface area contributed by atoms with Crippen molar-refractivity contribution in [3.8, 4) is 0 Å². The van der Waals surface area contributed by atoms with Crippen molar-refractivity contribution in [2.45, 2.75) is 46.1 Å². The molecule has 0 bridgehead atoms. The van der Waals surface area contributed by atoms with Gasteiger partial charge in [-0.3, -0.25) is 14.5 Å². The number of nitrogens with zero attached hydrogens (tertiary/aromatic N) is 2. The highest BCUT2D eigenvalue weighted by Crippen LogP contribution is 2.22. The maximum atomic E-state index is 12.6. The number of pyridine rings is 1. The van der Waals surface area contributed by atoms with E-state index in [0.717, 1.165) is 43.0 Å². The van der Waals surface area contributed by atoms with Crippen molar-refractivity contribution in [2.75, 3.05) is 26.2 Å². The van der Waals surface area contributed by atoms with Crippen LogP contribution in [0.15, 0.2) is 4.79 Å². The minimum atomic E-state index is -0.257. The minimum absolute atomic E-state index is 0.116. The van der Waals surface area contributed by atoms with Crippen LogP contribution in [-0.4, -0.2) is 52.9 Å². The summed E-state index contributed by atoms with van der Waals surface area (Å²) in [7, 11) is 0. The minimum Gasteiger partial charge on any atom is -0.335 e. The zero-order chi connectivity index (χ0) is 15.9. The van der Waals surface area contributed by atoms with Crippen LogP contribution in [0, 0.1) is 20.8 Å². The number of nitrogens with one attached hydrogen (secondary N) is 1. The average Bonchev–Trinajstić information content (AvgIpc) is 2.44. The molecule has 2 saturated heterocycles. The third kappa shape index (κ3) is 2.58. The molecule has 2 fully saturated rings. The van der Waals surface area contributed by atoms with Crippen molar-refractivity contribution in [1.82, 2.24) is 14.8 Å². The van der Waals surface area contributed by atoms with Crippen LogP contribution in [0.25, 0.3) is 0 Å². The normalized spacial score (nSPS) is 20.0. The third-order valence-corrected chi connectivity index (χ3v) is 5.30. The molecule has 120 valence electrons. The predicted octanol–water partition coefficient (Wildman–Crippen LogP) is 1.61. The van der Waals surface area contributed by atoms with E-state index in [-0.39, 0.29) is 11.5 Å². The zero-order valence-corrected chi connectivity index (χ0v) is 13.7. The van der Waals surface area contributed by atoms with Gasteiger partial charge in [-0.05, 0) is 57.8 Å². The number of hydrogen-bond donors (Lipinski definition) is 1. The fraction of sp³-hybridized carbons (Fsp3) is 0.647. The highest BCUT2D eigenvalue weighted by molar-refractivity contribution is 5.96. The summed E-state index contributed by atoms with van der Waals surface area (Å²) in [5, 5.41) is 0. The Bertz CT molecular complexity index is 638. The number of aromatic amines is 1. The standard InChI is InChI=1S/C17H25N3O2/c1-11-12(2)15(16(21)18-13(11)3)17(22)20-9-14(10-20)19-7-5-4-6-8-19/h14H,4-10H2,1-3H3,(H,18,21). The highest BCUT2D eigenvalue weighted by Gasteiger charge is 2.36. The van der Waals surface area contributed by atoms with Crippen molar-refractivity contribution in [3.05, 3.63) is 32.7 Å². The Kier molecular flexibility index (Phi) is 4.08. The molecule has 2 aliphatic heterocycles. The van der Waals surface area contributed by atoms with Crippen molar-refractivity contribution in [2.24, 2.45) is 0 Å². The second-order valence-corrected chi connectivity index (χ2v) is 6.66. The molecule has 0 aromatic carbocycles. The Balaban J connectivity index is 1.72. The molecule has 0 unspecified atom stereocenters. The lowest BCUT2D eigenvalue weighted by molar-refractivity contribution is 0.0201. The van der Waals surface area contributed by atoms with Gasteiger partial charge in [0.25, 0.3) is 11.5 Å². The second-order valence-electron chi connectivity index (χ2n) is 6.66. The van der Waals surface area contributed by atoms with Gasteiger partial charge in [0, 0.05) is 24.8 Å². The summed E-state index contributed by atoms with van der Waals surface area (Å²) in [6.07, 6.45) is 3.85. The Morgan fingerprint density at radius 2 is 1.68 bits per heavy atom. The third-order valence-electron chi connectivity index (χ3n) is 5.30. The maximum Gasteiger partial charge on any atom is 0.261 e. The quantitative estimate of drug-likeness (QED) is 0.903. The number of aryl methyl sites for hydroxylation is 1. The first kappa shape index (κ1) is 15.3. The Morgan fingerprint density at radius 1 is 1.05 bits per heavy atom. The van der Waals surface area contributed by atoms with Gasteiger partial charge in [0.1, 0.15) is 5.56 Å². The second kappa shape index (κ2) is 5.88. The lowest BCUT2D eigenvalue weighted by Crippen LogP contribution is -2.62. The van der Waals surface area contributed by atoms with Crippen LogP contribution in [0.5, 0.6) is 0 Å². The molecule has 0 spiro atoms. The maximum absolute atomic E-state index is 12.6. The summed E-state index contributed by atoms with van der Waals surface area (Å²) in [5.74, 6) is -0.116. The van der Waals surface area contributed by atoms with E-state index in [1.54, 1.807) is 0 Å². The first-order valence-corrected chi connectivity index (χ1v) is 8.22. The van der Waals surface area contributed by atoms with E-state index in [0.29, 0.717) is 11.6 Å². The Labute approximate surface area is 131 Å². The van der Waals surface area contributed by atoms with Gasteiger partial charge in [-0.15, -0.1) is 0 Å². The van der Waals surface area contributed by atoms with Gasteiger partial charge in [0.15, 0.2) is 0 Å². The molecule has 1 N–H and O–H groups in total. The summed E-state index contributed by atoms with van der Waals surface area (Å²) in [6, 6.07) is 0.482. The van der Waals surface area contributed by atoms with Gasteiger partial charge in [-0.2, -0.15) is 0 Å². The van der Waals surface area contributed by atoms with Crippen LogP contribution in [-0.2, 0) is 0 Å². The van der Waals surface area contributed by atoms with Crippen molar-refractivity contribution in [3.63, 3.8) is 0 Å². The number of amides is 1. The number of piperidine rings is 1. The lowest BCUT2D eigenvalue weighted by atomic mass is 9.99. The van der Waals surface area contributed by atoms with E-state index in [1.807, 2.05) is 25.7 Å². The first-order valence-electron chi connectivity index (χ1n) is 8.22. The van der Waals surface area contributed by atoms with Crippen LogP contribution in [0.3, 0.4) is 0 Å². The number of rotatable bonds is 2. The van der Waals surface area contributed by atoms with Crippen LogP contribution < -0.4 is 5.56 Å². The van der Waals surface area contributed by atoms with Gasteiger partial charge in [0.2, 0.25) is 0 Å². The van der Waals surface area contributed by atoms with E-state index in [4.69, 9.17) is 0 Å². The molecule has 5 nitrogen and oxygen atoms in total. The lowest BCUT2D eigenvalue weighted by Gasteiger charge is -2.46. The monoisotopic (exact) mass is 303 g/mol. The summed E-state index contributed by atoms with van der Waals surface area (Å²) in [4.78, 5) is 31.9. The number of hydrogen-bond acceptors (Lipinski definition) is 3.